The van der Waals surface area contributed by atoms with Gasteiger partial charge in [0.25, 0.3) is 5.79 Å². The fourth-order valence-corrected chi connectivity index (χ4v) is 7.47. The summed E-state index contributed by atoms with van der Waals surface area (Å²) in [5, 5.41) is 209. The zero-order valence-electron chi connectivity index (χ0n) is 32.0. The molecular weight excluding hydrogens is 897 g/mol. The SMILES string of the molecule is CC(=O)N1C(O)(O)C(O)(O)N(C2C(O)(O)C(c3c(C)c(O)c(F)c(C)c3O)N(C(=O)N(C)C(C)c3c(O)c(C(F)(F)F)c(O)c(C(F)(F)F)c3O)C(O)(O)C2(O)O)C(O)(O)C1(O)O. The van der Waals surface area contributed by atoms with Crippen LogP contribution >= 0.6 is 0 Å². The molecule has 63 heavy (non-hydrogen) atoms. The number of urea groups is 1. The van der Waals surface area contributed by atoms with E-state index in [-0.39, 0.29) is 14.0 Å². The number of carbonyl (C=O) groups excluding carboxylic acids is 2. The van der Waals surface area contributed by atoms with Gasteiger partial charge in [0.2, 0.25) is 11.7 Å². The molecule has 3 amide bonds. The first-order valence-electron chi connectivity index (χ1n) is 16.8. The number of alkyl halides is 6. The third-order valence-electron chi connectivity index (χ3n) is 10.8. The summed E-state index contributed by atoms with van der Waals surface area (Å²) in [4.78, 5) is 22.0. The Balaban J connectivity index is 2.19. The van der Waals surface area contributed by atoms with Crippen molar-refractivity contribution in [1.29, 1.82) is 0 Å². The van der Waals surface area contributed by atoms with Gasteiger partial charge in [-0.1, -0.05) is 0 Å². The molecular formula is C31H37F7N4O21. The number of piperidine rings is 1. The Bertz CT molecular complexity index is 2150. The van der Waals surface area contributed by atoms with Crippen LogP contribution in [0.25, 0.3) is 0 Å². The Kier molecular flexibility index (Phi) is 11.5. The molecule has 2 heterocycles. The van der Waals surface area contributed by atoms with Gasteiger partial charge in [0.1, 0.15) is 46.2 Å². The monoisotopic (exact) mass is 934 g/mol. The molecule has 2 aromatic rings. The molecule has 356 valence electrons. The fraction of sp³-hybridized carbons (Fsp3) is 0.548. The summed E-state index contributed by atoms with van der Waals surface area (Å²) >= 11 is 0. The number of amides is 3. The number of aromatic hydroxyl groups is 5. The van der Waals surface area contributed by atoms with E-state index in [1.165, 1.54) is 0 Å². The number of halogens is 7. The van der Waals surface area contributed by atoms with E-state index >= 15 is 4.39 Å². The largest absolute Gasteiger partial charge is 0.507 e. The van der Waals surface area contributed by atoms with E-state index in [2.05, 4.69) is 0 Å². The normalized spacial score (nSPS) is 24.2. The predicted octanol–water partition coefficient (Wildman–Crippen LogP) is -4.74. The molecule has 25 nitrogen and oxygen atoms in total. The predicted molar refractivity (Wildman–Crippen MR) is 175 cm³/mol. The Morgan fingerprint density at radius 2 is 1.03 bits per heavy atom. The fourth-order valence-electron chi connectivity index (χ4n) is 7.47. The Hall–Kier alpha value is -4.91. The summed E-state index contributed by atoms with van der Waals surface area (Å²) in [6, 6.07) is -14.0. The zero-order valence-corrected chi connectivity index (χ0v) is 32.0. The smallest absolute Gasteiger partial charge is 0.423 e. The number of likely N-dealkylation sites (tertiary alicyclic amines) is 1. The summed E-state index contributed by atoms with van der Waals surface area (Å²) in [6.07, 6.45) is -12.3. The van der Waals surface area contributed by atoms with Crippen LogP contribution in [-0.2, 0) is 17.1 Å². The number of piperazine rings is 1. The molecule has 3 atom stereocenters. The standard InChI is InChI=1S/C31H37F7N4O21/c1-6-10(15(44)7(2)14(32)16(6)45)20-23(50,51)21(42-30(60,61)28(56,57)41(9(4)43)29(58,59)31(42,62)63)24(52,53)27(54,55)40(20)22(49)39(5)8(3)11-17(46)12(25(33,34)35)19(48)13(18(11)47)26(36,37)38/h8,20-21,44-48,50-63H,1-5H3. The number of nitrogens with zero attached hydrogens (tertiary/aromatic N) is 4. The second-order valence-electron chi connectivity index (χ2n) is 14.5. The Morgan fingerprint density at radius 3 is 1.40 bits per heavy atom. The average molecular weight is 935 g/mol. The third kappa shape index (κ3) is 6.59. The third-order valence-corrected chi connectivity index (χ3v) is 10.8. The number of aliphatic hydroxyl groups is 14. The number of hydrogen-bond donors (Lipinski definition) is 19. The summed E-state index contributed by atoms with van der Waals surface area (Å²) < 4.78 is 98.9. The van der Waals surface area contributed by atoms with Gasteiger partial charge >= 0.3 is 47.9 Å². The highest BCUT2D eigenvalue weighted by Gasteiger charge is 2.86. The van der Waals surface area contributed by atoms with E-state index in [4.69, 9.17) is 0 Å². The minimum Gasteiger partial charge on any atom is -0.507 e. The first-order valence-corrected chi connectivity index (χ1v) is 16.8. The number of benzene rings is 2. The quantitative estimate of drug-likeness (QED) is 0.0778. The van der Waals surface area contributed by atoms with E-state index in [0.717, 1.165) is 0 Å². The maximum atomic E-state index is 15.0. The van der Waals surface area contributed by atoms with Crippen molar-refractivity contribution in [2.45, 2.75) is 99.3 Å². The van der Waals surface area contributed by atoms with Gasteiger partial charge in [-0.25, -0.2) is 14.1 Å². The summed E-state index contributed by atoms with van der Waals surface area (Å²) in [5.74, 6) is -52.9. The number of rotatable bonds is 4. The molecule has 0 saturated carbocycles. The lowest BCUT2D eigenvalue weighted by Gasteiger charge is -2.67. The Morgan fingerprint density at radius 1 is 0.635 bits per heavy atom. The highest BCUT2D eigenvalue weighted by atomic mass is 19.4. The summed E-state index contributed by atoms with van der Waals surface area (Å²) in [5.41, 5.74) is -12.1. The first kappa shape index (κ1) is 50.7. The van der Waals surface area contributed by atoms with Crippen molar-refractivity contribution in [3.05, 3.63) is 39.2 Å². The Labute approximate surface area is 343 Å². The molecule has 2 aliphatic rings. The van der Waals surface area contributed by atoms with Crippen molar-refractivity contribution >= 4 is 11.9 Å². The molecule has 2 fully saturated rings. The number of phenols is 5. The van der Waals surface area contributed by atoms with Gasteiger partial charge in [0.15, 0.2) is 11.6 Å². The number of carbonyl (C=O) groups is 2. The molecule has 4 rings (SSSR count). The van der Waals surface area contributed by atoms with Crippen LogP contribution in [0, 0.1) is 19.7 Å². The molecule has 0 aliphatic carbocycles. The van der Waals surface area contributed by atoms with Gasteiger partial charge in [-0.15, -0.1) is 0 Å². The second kappa shape index (κ2) is 14.3. The second-order valence-corrected chi connectivity index (χ2v) is 14.5. The molecule has 2 saturated heterocycles. The minimum absolute atomic E-state index is 0.138. The molecule has 32 heteroatoms. The lowest BCUT2D eigenvalue weighted by atomic mass is 9.75. The van der Waals surface area contributed by atoms with Gasteiger partial charge in [-0.05, 0) is 20.8 Å². The van der Waals surface area contributed by atoms with Crippen molar-refractivity contribution in [1.82, 2.24) is 19.6 Å². The highest BCUT2D eigenvalue weighted by Crippen LogP contribution is 2.59. The summed E-state index contributed by atoms with van der Waals surface area (Å²) in [7, 11) is 0.198. The van der Waals surface area contributed by atoms with E-state index in [0.29, 0.717) is 20.8 Å². The van der Waals surface area contributed by atoms with E-state index in [1.807, 2.05) is 0 Å². The summed E-state index contributed by atoms with van der Waals surface area (Å²) in [6.45, 7) is 1.48. The van der Waals surface area contributed by atoms with Crippen LogP contribution < -0.4 is 0 Å². The van der Waals surface area contributed by atoms with Crippen LogP contribution in [0.2, 0.25) is 0 Å². The minimum atomic E-state index is -6.13. The van der Waals surface area contributed by atoms with E-state index in [9.17, 15) is 133 Å². The lowest BCUT2D eigenvalue weighted by Crippen LogP contribution is -2.96. The van der Waals surface area contributed by atoms with Crippen LogP contribution in [0.4, 0.5) is 35.5 Å². The van der Waals surface area contributed by atoms with Gasteiger partial charge in [-0.2, -0.15) is 31.2 Å². The molecule has 19 N–H and O–H groups in total. The average Bonchev–Trinajstić information content (AvgIpc) is 3.07. The molecule has 0 spiro atoms. The van der Waals surface area contributed by atoms with Crippen molar-refractivity contribution in [3.8, 4) is 28.7 Å². The lowest BCUT2D eigenvalue weighted by molar-refractivity contribution is -0.623. The maximum absolute atomic E-state index is 15.0. The van der Waals surface area contributed by atoms with Gasteiger partial charge < -0.3 is 102 Å². The molecule has 3 unspecified atom stereocenters. The molecule has 2 aromatic carbocycles. The maximum Gasteiger partial charge on any atom is 0.423 e. The first-order chi connectivity index (χ1) is 27.8. The van der Waals surface area contributed by atoms with Crippen LogP contribution in [-0.4, -0.2) is 183 Å². The van der Waals surface area contributed by atoms with Gasteiger partial charge in [-0.3, -0.25) is 9.69 Å². The molecule has 0 aromatic heterocycles. The van der Waals surface area contributed by atoms with Crippen LogP contribution in [0.15, 0.2) is 0 Å². The van der Waals surface area contributed by atoms with Crippen LogP contribution in [0.5, 0.6) is 28.7 Å². The molecule has 2 aliphatic heterocycles. The molecule has 0 radical (unpaired) electrons. The van der Waals surface area contributed by atoms with E-state index < -0.39 is 171 Å². The number of hydrogen-bond acceptors (Lipinski definition) is 22. The van der Waals surface area contributed by atoms with Crippen molar-refractivity contribution in [2.24, 2.45) is 0 Å². The van der Waals surface area contributed by atoms with Crippen molar-refractivity contribution in [2.75, 3.05) is 7.05 Å². The van der Waals surface area contributed by atoms with Crippen LogP contribution in [0.1, 0.15) is 59.3 Å². The zero-order chi connectivity index (χ0) is 49.6. The topological polar surface area (TPSA) is 431 Å². The molecule has 0 bridgehead atoms. The van der Waals surface area contributed by atoms with E-state index in [1.54, 1.807) is 0 Å². The van der Waals surface area contributed by atoms with Gasteiger partial charge in [0.05, 0.1) is 11.6 Å². The van der Waals surface area contributed by atoms with Crippen molar-refractivity contribution in [3.63, 3.8) is 0 Å². The highest BCUT2D eigenvalue weighted by molar-refractivity contribution is 5.78. The van der Waals surface area contributed by atoms with Crippen LogP contribution in [0.3, 0.4) is 0 Å². The van der Waals surface area contributed by atoms with Gasteiger partial charge in [0, 0.05) is 30.7 Å². The number of phenolic OH excluding ortho intramolecular Hbond substituents is 5. The van der Waals surface area contributed by atoms with Crippen molar-refractivity contribution < 1.29 is 137 Å².